The van der Waals surface area contributed by atoms with Gasteiger partial charge in [0.2, 0.25) is 0 Å². The molecule has 4 N–H and O–H groups in total. The van der Waals surface area contributed by atoms with Gasteiger partial charge in [0.1, 0.15) is 0 Å². The molecule has 0 heterocycles. The molecule has 168 valence electrons. The van der Waals surface area contributed by atoms with Crippen LogP contribution in [0, 0.1) is 40.9 Å². The molecule has 3 saturated carbocycles. The molecular weight excluding hydrogens is 368 g/mol. The number of fused-ring (bicyclic) bond motifs is 3. The van der Waals surface area contributed by atoms with Crippen molar-refractivity contribution < 1.29 is 25.2 Å². The van der Waals surface area contributed by atoms with E-state index in [2.05, 4.69) is 20.8 Å². The number of carboxylic acid groups (broad SMARTS) is 1. The molecule has 0 radical (unpaired) electrons. The number of aliphatic hydroxyl groups is 3. The smallest absolute Gasteiger partial charge is 0.303 e. The Balaban J connectivity index is 1.68. The number of carboxylic acids is 1. The van der Waals surface area contributed by atoms with Gasteiger partial charge < -0.3 is 20.4 Å². The zero-order valence-electron chi connectivity index (χ0n) is 18.5. The van der Waals surface area contributed by atoms with Crippen LogP contribution in [0.1, 0.15) is 85.0 Å². The van der Waals surface area contributed by atoms with Gasteiger partial charge in [-0.2, -0.15) is 0 Å². The van der Waals surface area contributed by atoms with Gasteiger partial charge in [-0.1, -0.05) is 33.6 Å². The summed E-state index contributed by atoms with van der Waals surface area (Å²) in [5.74, 6) is 1.08. The minimum atomic E-state index is -0.727. The lowest BCUT2D eigenvalue weighted by molar-refractivity contribution is -0.181. The predicted octanol–water partition coefficient (Wildman–Crippen LogP) is 3.84. The zero-order valence-corrected chi connectivity index (χ0v) is 18.5. The number of aliphatic hydroxyl groups excluding tert-OH is 3. The van der Waals surface area contributed by atoms with Crippen LogP contribution in [0.3, 0.4) is 0 Å². The van der Waals surface area contributed by atoms with Gasteiger partial charge in [-0.25, -0.2) is 0 Å². The van der Waals surface area contributed by atoms with Crippen LogP contribution < -0.4 is 0 Å². The van der Waals surface area contributed by atoms with Crippen LogP contribution in [0.2, 0.25) is 0 Å². The maximum absolute atomic E-state index is 11.1. The topological polar surface area (TPSA) is 98.0 Å². The zero-order chi connectivity index (χ0) is 21.3. The van der Waals surface area contributed by atoms with E-state index in [4.69, 9.17) is 5.11 Å². The summed E-state index contributed by atoms with van der Waals surface area (Å²) in [5.41, 5.74) is 0.108. The van der Waals surface area contributed by atoms with E-state index in [1.807, 2.05) is 0 Å². The average Bonchev–Trinajstić information content (AvgIpc) is 2.65. The van der Waals surface area contributed by atoms with Crippen LogP contribution in [0.5, 0.6) is 0 Å². The maximum Gasteiger partial charge on any atom is 0.303 e. The molecule has 5 heteroatoms. The molecule has 0 saturated heterocycles. The highest BCUT2D eigenvalue weighted by Gasteiger charge is 2.58. The Kier molecular flexibility index (Phi) is 7.33. The van der Waals surface area contributed by atoms with Crippen molar-refractivity contribution in [2.75, 3.05) is 0 Å². The van der Waals surface area contributed by atoms with Gasteiger partial charge in [0.05, 0.1) is 18.3 Å². The predicted molar refractivity (Wildman–Crippen MR) is 112 cm³/mol. The monoisotopic (exact) mass is 410 g/mol. The highest BCUT2D eigenvalue weighted by molar-refractivity contribution is 5.66. The maximum atomic E-state index is 11.1. The number of hydrogen-bond acceptors (Lipinski definition) is 4. The van der Waals surface area contributed by atoms with Crippen molar-refractivity contribution in [1.82, 2.24) is 0 Å². The van der Waals surface area contributed by atoms with Gasteiger partial charge in [0.15, 0.2) is 0 Å². The van der Waals surface area contributed by atoms with Gasteiger partial charge in [-0.15, -0.1) is 0 Å². The third-order valence-electron chi connectivity index (χ3n) is 9.14. The molecular formula is C24H42O5. The normalized spacial score (nSPS) is 45.9. The van der Waals surface area contributed by atoms with E-state index in [0.717, 1.165) is 57.8 Å². The van der Waals surface area contributed by atoms with Crippen LogP contribution in [0.25, 0.3) is 0 Å². The molecule has 0 aromatic carbocycles. The Morgan fingerprint density at radius 3 is 2.52 bits per heavy atom. The number of hydrogen-bond donors (Lipinski definition) is 4. The van der Waals surface area contributed by atoms with Crippen LogP contribution in [-0.2, 0) is 4.79 Å². The van der Waals surface area contributed by atoms with Gasteiger partial charge in [-0.3, -0.25) is 4.79 Å². The fraction of sp³-hybridized carbons (Fsp3) is 0.958. The largest absolute Gasteiger partial charge is 0.481 e. The minimum absolute atomic E-state index is 0.108. The first kappa shape index (κ1) is 23.0. The van der Waals surface area contributed by atoms with Crippen molar-refractivity contribution in [1.29, 1.82) is 0 Å². The van der Waals surface area contributed by atoms with Crippen molar-refractivity contribution in [2.45, 2.75) is 103 Å². The third-order valence-corrected chi connectivity index (χ3v) is 9.14. The fourth-order valence-electron chi connectivity index (χ4n) is 7.20. The van der Waals surface area contributed by atoms with E-state index in [0.29, 0.717) is 23.7 Å². The van der Waals surface area contributed by atoms with Crippen molar-refractivity contribution in [2.24, 2.45) is 40.9 Å². The Labute approximate surface area is 175 Å². The minimum Gasteiger partial charge on any atom is -0.481 e. The SMILES string of the molecule is CC1C(O)CC2C(C(O)CC3C[C@H](O)CCC32C)C1CCC[C@H](C)CCC(=O)O. The highest BCUT2D eigenvalue weighted by atomic mass is 16.4. The first-order valence-electron chi connectivity index (χ1n) is 11.9. The second kappa shape index (κ2) is 9.23. The van der Waals surface area contributed by atoms with Gasteiger partial charge >= 0.3 is 5.97 Å². The molecule has 3 aliphatic rings. The molecule has 3 aliphatic carbocycles. The van der Waals surface area contributed by atoms with Gasteiger partial charge in [0, 0.05) is 6.42 Å². The summed E-state index contributed by atoms with van der Waals surface area (Å²) in [6.07, 6.45) is 7.25. The average molecular weight is 411 g/mol. The Hall–Kier alpha value is -0.650. The standard InChI is InChI=1S/C24H42O5/c1-14(7-8-22(28)29)5-4-6-18-15(2)20(26)13-19-23(18)21(27)12-16-11-17(25)9-10-24(16,19)3/h14-21,23,25-27H,4-13H2,1-3H3,(H,28,29)/t14-,15?,16?,17+,18?,19?,20?,21?,23?,24?/m0/s1. The summed E-state index contributed by atoms with van der Waals surface area (Å²) in [6.45, 7) is 6.62. The van der Waals surface area contributed by atoms with Crippen molar-refractivity contribution in [3.05, 3.63) is 0 Å². The van der Waals surface area contributed by atoms with E-state index in [-0.39, 0.29) is 42.0 Å². The third kappa shape index (κ3) is 4.83. The molecule has 8 unspecified atom stereocenters. The summed E-state index contributed by atoms with van der Waals surface area (Å²) in [4.78, 5) is 10.8. The summed E-state index contributed by atoms with van der Waals surface area (Å²) in [7, 11) is 0. The lowest BCUT2D eigenvalue weighted by Crippen LogP contribution is -2.59. The van der Waals surface area contributed by atoms with E-state index in [1.165, 1.54) is 0 Å². The van der Waals surface area contributed by atoms with Crippen molar-refractivity contribution in [3.63, 3.8) is 0 Å². The quantitative estimate of drug-likeness (QED) is 0.511. The van der Waals surface area contributed by atoms with E-state index >= 15 is 0 Å². The lowest BCUT2D eigenvalue weighted by Gasteiger charge is -2.61. The van der Waals surface area contributed by atoms with Crippen molar-refractivity contribution >= 4 is 5.97 Å². The molecule has 3 fully saturated rings. The van der Waals surface area contributed by atoms with E-state index in [1.54, 1.807) is 0 Å². The molecule has 0 aliphatic heterocycles. The van der Waals surface area contributed by atoms with Gasteiger partial charge in [0.25, 0.3) is 0 Å². The summed E-state index contributed by atoms with van der Waals surface area (Å²) >= 11 is 0. The summed E-state index contributed by atoms with van der Waals surface area (Å²) < 4.78 is 0. The lowest BCUT2D eigenvalue weighted by atomic mass is 9.45. The number of aliphatic carboxylic acids is 1. The summed E-state index contributed by atoms with van der Waals surface area (Å²) in [6, 6.07) is 0. The van der Waals surface area contributed by atoms with Crippen LogP contribution >= 0.6 is 0 Å². The van der Waals surface area contributed by atoms with Gasteiger partial charge in [-0.05, 0) is 85.9 Å². The first-order valence-corrected chi connectivity index (χ1v) is 11.9. The molecule has 29 heavy (non-hydrogen) atoms. The molecule has 5 nitrogen and oxygen atoms in total. The second-order valence-electron chi connectivity index (χ2n) is 10.9. The molecule has 10 atom stereocenters. The first-order chi connectivity index (χ1) is 13.6. The molecule has 0 spiro atoms. The number of rotatable bonds is 7. The van der Waals surface area contributed by atoms with Crippen LogP contribution in [0.4, 0.5) is 0 Å². The van der Waals surface area contributed by atoms with Crippen LogP contribution in [0.15, 0.2) is 0 Å². The Bertz CT molecular complexity index is 565. The van der Waals surface area contributed by atoms with Crippen LogP contribution in [-0.4, -0.2) is 44.7 Å². The number of carbonyl (C=O) groups is 1. The second-order valence-corrected chi connectivity index (χ2v) is 10.9. The summed E-state index contributed by atoms with van der Waals surface area (Å²) in [5, 5.41) is 41.1. The van der Waals surface area contributed by atoms with Crippen molar-refractivity contribution in [3.8, 4) is 0 Å². The molecule has 0 amide bonds. The highest BCUT2D eigenvalue weighted by Crippen LogP contribution is 2.61. The molecule has 0 aromatic heterocycles. The Morgan fingerprint density at radius 1 is 1.10 bits per heavy atom. The molecule has 3 rings (SSSR count). The van der Waals surface area contributed by atoms with E-state index in [9.17, 15) is 20.1 Å². The molecule has 0 aromatic rings. The van der Waals surface area contributed by atoms with E-state index < -0.39 is 5.97 Å². The molecule has 0 bridgehead atoms. The Morgan fingerprint density at radius 2 is 1.83 bits per heavy atom. The fourth-order valence-corrected chi connectivity index (χ4v) is 7.20.